The van der Waals surface area contributed by atoms with Gasteiger partial charge in [0.05, 0.1) is 24.9 Å². The van der Waals surface area contributed by atoms with Gasteiger partial charge in [-0.3, -0.25) is 9.67 Å². The molecule has 2 N–H and O–H groups in total. The van der Waals surface area contributed by atoms with Gasteiger partial charge in [0.2, 0.25) is 0 Å². The Hall–Kier alpha value is -2.50. The van der Waals surface area contributed by atoms with Crippen molar-refractivity contribution in [2.24, 2.45) is 0 Å². The lowest BCUT2D eigenvalue weighted by Gasteiger charge is -2.20. The normalized spacial score (nSPS) is 12.3. The molecule has 0 saturated heterocycles. The van der Waals surface area contributed by atoms with E-state index < -0.39 is 0 Å². The number of hydrogen-bond donors (Lipinski definition) is 2. The van der Waals surface area contributed by atoms with Crippen LogP contribution in [0.3, 0.4) is 0 Å². The topological polar surface area (TPSA) is 63.0 Å². The highest BCUT2D eigenvalue weighted by Crippen LogP contribution is 2.23. The van der Waals surface area contributed by atoms with Gasteiger partial charge in [-0.2, -0.15) is 5.10 Å². The summed E-state index contributed by atoms with van der Waals surface area (Å²) in [5.41, 5.74) is 5.68. The van der Waals surface area contributed by atoms with Crippen molar-refractivity contribution in [3.8, 4) is 0 Å². The molecule has 5 heteroatoms. The van der Waals surface area contributed by atoms with Crippen LogP contribution in [0.1, 0.15) is 34.1 Å². The van der Waals surface area contributed by atoms with Crippen LogP contribution >= 0.6 is 0 Å². The molecule has 2 aromatic heterocycles. The average molecular weight is 336 g/mol. The molecule has 0 fully saturated rings. The van der Waals surface area contributed by atoms with E-state index in [9.17, 15) is 5.11 Å². The summed E-state index contributed by atoms with van der Waals surface area (Å²) < 4.78 is 1.87. The second-order valence-electron chi connectivity index (χ2n) is 6.10. The highest BCUT2D eigenvalue weighted by molar-refractivity contribution is 5.31. The molecule has 3 rings (SSSR count). The van der Waals surface area contributed by atoms with Crippen LogP contribution in [0.4, 0.5) is 0 Å². The van der Waals surface area contributed by atoms with E-state index in [4.69, 9.17) is 0 Å². The van der Waals surface area contributed by atoms with Crippen LogP contribution in [0.15, 0.2) is 54.9 Å². The zero-order valence-corrected chi connectivity index (χ0v) is 14.7. The smallest absolute Gasteiger partial charge is 0.0644 e. The molecule has 1 atom stereocenters. The minimum Gasteiger partial charge on any atom is -0.394 e. The highest BCUT2D eigenvalue weighted by Gasteiger charge is 2.16. The van der Waals surface area contributed by atoms with E-state index in [0.29, 0.717) is 13.1 Å². The van der Waals surface area contributed by atoms with E-state index in [1.807, 2.05) is 42.2 Å². The lowest BCUT2D eigenvalue weighted by molar-refractivity contribution is 0.267. The maximum absolute atomic E-state index is 9.18. The summed E-state index contributed by atoms with van der Waals surface area (Å²) in [5, 5.41) is 17.4. The number of aliphatic hydroxyl groups excluding tert-OH is 1. The summed E-state index contributed by atoms with van der Waals surface area (Å²) in [5.74, 6) is 0. The molecule has 25 heavy (non-hydrogen) atoms. The van der Waals surface area contributed by atoms with Crippen LogP contribution in [-0.4, -0.2) is 26.5 Å². The van der Waals surface area contributed by atoms with E-state index in [1.165, 1.54) is 16.7 Å². The number of aryl methyl sites for hydroxylation is 1. The molecule has 0 spiro atoms. The van der Waals surface area contributed by atoms with Crippen molar-refractivity contribution in [1.29, 1.82) is 0 Å². The van der Waals surface area contributed by atoms with E-state index in [-0.39, 0.29) is 12.6 Å². The number of hydrogen-bond acceptors (Lipinski definition) is 4. The van der Waals surface area contributed by atoms with Crippen molar-refractivity contribution in [1.82, 2.24) is 20.1 Å². The summed E-state index contributed by atoms with van der Waals surface area (Å²) in [7, 11) is 0. The van der Waals surface area contributed by atoms with Crippen LogP contribution in [0.5, 0.6) is 0 Å². The molecule has 0 aliphatic carbocycles. The van der Waals surface area contributed by atoms with Crippen molar-refractivity contribution in [3.05, 3.63) is 82.9 Å². The first kappa shape index (κ1) is 17.3. The third kappa shape index (κ3) is 3.95. The first-order valence-corrected chi connectivity index (χ1v) is 8.52. The predicted molar refractivity (Wildman–Crippen MR) is 98.1 cm³/mol. The van der Waals surface area contributed by atoms with E-state index >= 15 is 0 Å². The zero-order valence-electron chi connectivity index (χ0n) is 14.7. The Bertz CT molecular complexity index is 760. The van der Waals surface area contributed by atoms with Crippen LogP contribution in [0.25, 0.3) is 0 Å². The molecular formula is C20H24N4O. The average Bonchev–Trinajstić information content (AvgIpc) is 2.91. The molecule has 0 bridgehead atoms. The third-order valence-electron chi connectivity index (χ3n) is 4.50. The van der Waals surface area contributed by atoms with Gasteiger partial charge in [-0.1, -0.05) is 30.3 Å². The second kappa shape index (κ2) is 8.05. The molecule has 1 aromatic carbocycles. The first-order chi connectivity index (χ1) is 12.2. The molecule has 2 heterocycles. The van der Waals surface area contributed by atoms with E-state index in [1.54, 1.807) is 0 Å². The van der Waals surface area contributed by atoms with Gasteiger partial charge >= 0.3 is 0 Å². The van der Waals surface area contributed by atoms with Crippen LogP contribution < -0.4 is 5.32 Å². The summed E-state index contributed by atoms with van der Waals surface area (Å²) in [4.78, 5) is 4.13. The monoisotopic (exact) mass is 336 g/mol. The largest absolute Gasteiger partial charge is 0.394 e. The maximum Gasteiger partial charge on any atom is 0.0644 e. The number of aliphatic hydroxyl groups is 1. The van der Waals surface area contributed by atoms with E-state index in [2.05, 4.69) is 46.6 Å². The molecule has 0 saturated carbocycles. The lowest BCUT2D eigenvalue weighted by Crippen LogP contribution is -2.22. The molecule has 0 radical (unpaired) electrons. The summed E-state index contributed by atoms with van der Waals surface area (Å²) >= 11 is 0. The Morgan fingerprint density at radius 2 is 1.72 bits per heavy atom. The Morgan fingerprint density at radius 1 is 1.04 bits per heavy atom. The van der Waals surface area contributed by atoms with Gasteiger partial charge in [0.15, 0.2) is 0 Å². The molecule has 130 valence electrons. The van der Waals surface area contributed by atoms with Gasteiger partial charge in [-0.25, -0.2) is 0 Å². The molecular weight excluding hydrogens is 312 g/mol. The summed E-state index contributed by atoms with van der Waals surface area (Å²) in [6.45, 7) is 5.40. The lowest BCUT2D eigenvalue weighted by atomic mass is 9.99. The quantitative estimate of drug-likeness (QED) is 0.696. The van der Waals surface area contributed by atoms with E-state index in [0.717, 1.165) is 11.4 Å². The molecule has 0 amide bonds. The Morgan fingerprint density at radius 3 is 2.40 bits per heavy atom. The van der Waals surface area contributed by atoms with Crippen LogP contribution in [0, 0.1) is 13.8 Å². The highest BCUT2D eigenvalue weighted by atomic mass is 16.3. The fourth-order valence-corrected chi connectivity index (χ4v) is 3.14. The standard InChI is InChI=1S/C20H24N4O/c1-15-19(16(2)24(23-15)12-13-25)14-22-20(17-6-4-3-5-7-17)18-8-10-21-11-9-18/h3-11,20,22,25H,12-14H2,1-2H3. The molecule has 1 unspecified atom stereocenters. The van der Waals surface area contributed by atoms with Crippen molar-refractivity contribution in [2.45, 2.75) is 33.0 Å². The van der Waals surface area contributed by atoms with Crippen molar-refractivity contribution >= 4 is 0 Å². The second-order valence-corrected chi connectivity index (χ2v) is 6.10. The first-order valence-electron chi connectivity index (χ1n) is 8.52. The number of nitrogens with zero attached hydrogens (tertiary/aromatic N) is 3. The minimum absolute atomic E-state index is 0.0872. The predicted octanol–water partition coefficient (Wildman–Crippen LogP) is 2.77. The number of benzene rings is 1. The Kier molecular flexibility index (Phi) is 5.58. The van der Waals surface area contributed by atoms with Gasteiger partial charge < -0.3 is 10.4 Å². The third-order valence-corrected chi connectivity index (χ3v) is 4.50. The number of pyridine rings is 1. The van der Waals surface area contributed by atoms with Gasteiger partial charge in [0, 0.05) is 30.2 Å². The van der Waals surface area contributed by atoms with Gasteiger partial charge in [-0.15, -0.1) is 0 Å². The van der Waals surface area contributed by atoms with Crippen molar-refractivity contribution in [3.63, 3.8) is 0 Å². The summed E-state index contributed by atoms with van der Waals surface area (Å²) in [6, 6.07) is 14.6. The van der Waals surface area contributed by atoms with Gasteiger partial charge in [-0.05, 0) is 37.1 Å². The molecule has 0 aliphatic rings. The van der Waals surface area contributed by atoms with Crippen molar-refractivity contribution in [2.75, 3.05) is 6.61 Å². The van der Waals surface area contributed by atoms with Gasteiger partial charge in [0.1, 0.15) is 0 Å². The van der Waals surface area contributed by atoms with Crippen molar-refractivity contribution < 1.29 is 5.11 Å². The Labute approximate surface area is 148 Å². The number of rotatable bonds is 7. The van der Waals surface area contributed by atoms with Crippen LogP contribution in [-0.2, 0) is 13.1 Å². The summed E-state index contributed by atoms with van der Waals surface area (Å²) in [6.07, 6.45) is 3.64. The van der Waals surface area contributed by atoms with Crippen LogP contribution in [0.2, 0.25) is 0 Å². The fraction of sp³-hybridized carbons (Fsp3) is 0.300. The molecule has 5 nitrogen and oxygen atoms in total. The Balaban J connectivity index is 1.85. The van der Waals surface area contributed by atoms with Gasteiger partial charge in [0.25, 0.3) is 0 Å². The number of aromatic nitrogens is 3. The maximum atomic E-state index is 9.18. The molecule has 0 aliphatic heterocycles. The molecule has 3 aromatic rings. The SMILES string of the molecule is Cc1nn(CCO)c(C)c1CNC(c1ccccc1)c1ccncc1. The minimum atomic E-state index is 0.0872. The fourth-order valence-electron chi connectivity index (χ4n) is 3.14. The number of nitrogens with one attached hydrogen (secondary N) is 1. The zero-order chi connectivity index (χ0) is 17.6.